The molecule has 32 heavy (non-hydrogen) atoms. The van der Waals surface area contributed by atoms with Crippen LogP contribution in [0.5, 0.6) is 0 Å². The second kappa shape index (κ2) is 9.56. The van der Waals surface area contributed by atoms with Crippen molar-refractivity contribution in [3.8, 4) is 11.3 Å². The molecule has 0 aliphatic carbocycles. The van der Waals surface area contributed by atoms with Crippen LogP contribution in [0.15, 0.2) is 62.9 Å². The van der Waals surface area contributed by atoms with Crippen molar-refractivity contribution in [2.75, 3.05) is 17.2 Å². The maximum atomic E-state index is 13.4. The van der Waals surface area contributed by atoms with Crippen LogP contribution in [0.25, 0.3) is 11.3 Å². The smallest absolute Gasteiger partial charge is 0.203 e. The van der Waals surface area contributed by atoms with Crippen LogP contribution in [0.2, 0.25) is 0 Å². The normalized spacial score (nSPS) is 11.5. The van der Waals surface area contributed by atoms with E-state index in [-0.39, 0.29) is 21.8 Å². The van der Waals surface area contributed by atoms with Crippen LogP contribution < -0.4 is 10.6 Å². The maximum Gasteiger partial charge on any atom is 0.203 e. The van der Waals surface area contributed by atoms with Crippen LogP contribution >= 0.6 is 15.9 Å². The van der Waals surface area contributed by atoms with Crippen molar-refractivity contribution < 1.29 is 14.2 Å². The largest absolute Gasteiger partial charge is 0.409 e. The van der Waals surface area contributed by atoms with Crippen molar-refractivity contribution in [2.24, 2.45) is 5.16 Å². The van der Waals surface area contributed by atoms with Crippen molar-refractivity contribution in [2.45, 2.75) is 13.5 Å². The Morgan fingerprint density at radius 1 is 1.22 bits per heavy atom. The van der Waals surface area contributed by atoms with Gasteiger partial charge in [0.15, 0.2) is 5.69 Å². The van der Waals surface area contributed by atoms with Crippen molar-refractivity contribution in [1.29, 1.82) is 0 Å². The van der Waals surface area contributed by atoms with Gasteiger partial charge in [-0.25, -0.2) is 9.02 Å². The van der Waals surface area contributed by atoms with Gasteiger partial charge in [0.1, 0.15) is 11.5 Å². The monoisotopic (exact) mass is 500 g/mol. The Bertz CT molecular complexity index is 1240. The molecule has 12 heteroatoms. The number of rotatable bonds is 7. The van der Waals surface area contributed by atoms with Crippen LogP contribution in [0.3, 0.4) is 0 Å². The minimum Gasteiger partial charge on any atom is -0.409 e. The van der Waals surface area contributed by atoms with Gasteiger partial charge in [0.05, 0.1) is 17.2 Å². The molecule has 0 atom stereocenters. The number of aryl methyl sites for hydroxylation is 1. The Morgan fingerprint density at radius 3 is 2.78 bits per heavy atom. The van der Waals surface area contributed by atoms with Crippen LogP contribution in [0.1, 0.15) is 11.3 Å². The fourth-order valence-electron chi connectivity index (χ4n) is 2.86. The van der Waals surface area contributed by atoms with Crippen LogP contribution in [0, 0.1) is 12.7 Å². The average Bonchev–Trinajstić information content (AvgIpc) is 3.45. The highest BCUT2D eigenvalue weighted by molar-refractivity contribution is 9.10. The number of nitrogens with zero attached hydrogens (tertiary/aromatic N) is 6. The first kappa shape index (κ1) is 21.4. The molecular formula is C20H18BrFN8O2. The van der Waals surface area contributed by atoms with Gasteiger partial charge in [-0.1, -0.05) is 40.2 Å². The van der Waals surface area contributed by atoms with E-state index >= 15 is 0 Å². The number of oxime groups is 1. The summed E-state index contributed by atoms with van der Waals surface area (Å²) < 4.78 is 20.2. The Kier molecular flexibility index (Phi) is 6.40. The molecule has 0 unspecified atom stereocenters. The molecule has 0 amide bonds. The van der Waals surface area contributed by atoms with Crippen molar-refractivity contribution >= 4 is 33.3 Å². The standard InChI is InChI=1S/C20H18BrFN8O2/c1-12-2-4-13(5-3-12)17-11-30(29-25-17)9-8-23-19-18(27-32-28-19)20(26-31)24-14-6-7-16(22)15(21)10-14/h2-7,10-11,31H,8-9H2,1H3,(H,23,28)(H,24,26). The van der Waals surface area contributed by atoms with Crippen LogP contribution in [-0.2, 0) is 6.54 Å². The van der Waals surface area contributed by atoms with E-state index in [1.807, 2.05) is 37.4 Å². The molecule has 4 rings (SSSR count). The first-order chi connectivity index (χ1) is 15.5. The first-order valence-corrected chi connectivity index (χ1v) is 10.3. The number of hydrogen-bond acceptors (Lipinski definition) is 8. The molecule has 2 aromatic carbocycles. The number of amidine groups is 1. The summed E-state index contributed by atoms with van der Waals surface area (Å²) in [4.78, 5) is 0. The molecule has 0 saturated heterocycles. The molecule has 2 heterocycles. The molecule has 2 aromatic heterocycles. The van der Waals surface area contributed by atoms with E-state index in [2.05, 4.69) is 52.3 Å². The molecule has 0 spiro atoms. The molecule has 3 N–H and O–H groups in total. The Balaban J connectivity index is 1.38. The fraction of sp³-hybridized carbons (Fsp3) is 0.150. The minimum absolute atomic E-state index is 0.0188. The lowest BCUT2D eigenvalue weighted by Gasteiger charge is -2.08. The number of aromatic nitrogens is 5. The van der Waals surface area contributed by atoms with E-state index < -0.39 is 5.82 Å². The predicted molar refractivity (Wildman–Crippen MR) is 119 cm³/mol. The molecule has 0 fully saturated rings. The summed E-state index contributed by atoms with van der Waals surface area (Å²) in [7, 11) is 0. The lowest BCUT2D eigenvalue weighted by molar-refractivity contribution is 0.305. The topological polar surface area (TPSA) is 126 Å². The highest BCUT2D eigenvalue weighted by Gasteiger charge is 2.18. The van der Waals surface area contributed by atoms with Crippen molar-refractivity contribution in [3.05, 3.63) is 70.2 Å². The zero-order chi connectivity index (χ0) is 22.5. The number of nitrogens with one attached hydrogen (secondary N) is 2. The zero-order valence-electron chi connectivity index (χ0n) is 16.8. The fourth-order valence-corrected chi connectivity index (χ4v) is 3.23. The molecule has 0 bridgehead atoms. The van der Waals surface area contributed by atoms with Gasteiger partial charge < -0.3 is 15.8 Å². The summed E-state index contributed by atoms with van der Waals surface area (Å²) >= 11 is 3.11. The average molecular weight is 501 g/mol. The zero-order valence-corrected chi connectivity index (χ0v) is 18.4. The Labute approximate surface area is 190 Å². The van der Waals surface area contributed by atoms with Crippen molar-refractivity contribution in [1.82, 2.24) is 25.3 Å². The summed E-state index contributed by atoms with van der Waals surface area (Å²) in [6, 6.07) is 12.3. The molecule has 164 valence electrons. The minimum atomic E-state index is -0.415. The SMILES string of the molecule is Cc1ccc(-c2cn(CCNc3nonc3C(=NO)Nc3ccc(F)c(Br)c3)nn2)cc1. The Morgan fingerprint density at radius 2 is 2.03 bits per heavy atom. The van der Waals surface area contributed by atoms with Gasteiger partial charge in [-0.15, -0.1) is 5.10 Å². The third kappa shape index (κ3) is 4.91. The van der Waals surface area contributed by atoms with E-state index in [9.17, 15) is 9.60 Å². The number of benzene rings is 2. The molecule has 0 aliphatic rings. The number of halogens is 2. The third-order valence-corrected chi connectivity index (χ3v) is 5.12. The van der Waals surface area contributed by atoms with E-state index in [0.717, 1.165) is 11.3 Å². The Hall–Kier alpha value is -3.80. The highest BCUT2D eigenvalue weighted by Crippen LogP contribution is 2.21. The lowest BCUT2D eigenvalue weighted by Crippen LogP contribution is -2.18. The van der Waals surface area contributed by atoms with E-state index in [0.29, 0.717) is 18.8 Å². The molecular weight excluding hydrogens is 483 g/mol. The second-order valence-electron chi connectivity index (χ2n) is 6.82. The third-order valence-electron chi connectivity index (χ3n) is 4.51. The highest BCUT2D eigenvalue weighted by atomic mass is 79.9. The van der Waals surface area contributed by atoms with Crippen LogP contribution in [0.4, 0.5) is 15.9 Å². The van der Waals surface area contributed by atoms with Gasteiger partial charge in [-0.3, -0.25) is 4.68 Å². The predicted octanol–water partition coefficient (Wildman–Crippen LogP) is 3.90. The van der Waals surface area contributed by atoms with Gasteiger partial charge in [-0.2, -0.15) is 0 Å². The van der Waals surface area contributed by atoms with Gasteiger partial charge in [-0.05, 0) is 51.4 Å². The summed E-state index contributed by atoms with van der Waals surface area (Å²) in [6.45, 7) is 2.95. The van der Waals surface area contributed by atoms with Crippen LogP contribution in [-0.4, -0.2) is 42.9 Å². The van der Waals surface area contributed by atoms with Gasteiger partial charge in [0.2, 0.25) is 11.7 Å². The summed E-state index contributed by atoms with van der Waals surface area (Å²) in [5.41, 5.74) is 3.58. The molecule has 0 radical (unpaired) electrons. The van der Waals surface area contributed by atoms with E-state index in [1.165, 1.54) is 23.8 Å². The number of hydrogen-bond donors (Lipinski definition) is 3. The molecule has 0 aliphatic heterocycles. The summed E-state index contributed by atoms with van der Waals surface area (Å²) in [5, 5.41) is 34.5. The molecule has 10 nitrogen and oxygen atoms in total. The summed E-state index contributed by atoms with van der Waals surface area (Å²) in [5.74, 6) is -0.165. The molecule has 4 aromatic rings. The van der Waals surface area contributed by atoms with Crippen molar-refractivity contribution in [3.63, 3.8) is 0 Å². The first-order valence-electron chi connectivity index (χ1n) is 9.51. The molecule has 0 saturated carbocycles. The lowest BCUT2D eigenvalue weighted by atomic mass is 10.1. The maximum absolute atomic E-state index is 13.4. The van der Waals surface area contributed by atoms with Gasteiger partial charge in [0, 0.05) is 17.8 Å². The summed E-state index contributed by atoms with van der Waals surface area (Å²) in [6.07, 6.45) is 1.85. The van der Waals surface area contributed by atoms with E-state index in [1.54, 1.807) is 4.68 Å². The number of anilines is 2. The van der Waals surface area contributed by atoms with Gasteiger partial charge >= 0.3 is 0 Å². The quantitative estimate of drug-likeness (QED) is 0.151. The van der Waals surface area contributed by atoms with Gasteiger partial charge in [0.25, 0.3) is 0 Å². The second-order valence-corrected chi connectivity index (χ2v) is 7.68. The van der Waals surface area contributed by atoms with E-state index in [4.69, 9.17) is 4.63 Å².